The molecule has 1 aliphatic rings. The van der Waals surface area contributed by atoms with Crippen LogP contribution in [0.2, 0.25) is 0 Å². The molecule has 1 saturated heterocycles. The minimum atomic E-state index is -0.188. The summed E-state index contributed by atoms with van der Waals surface area (Å²) in [5.41, 5.74) is 6.76. The molecule has 0 bridgehead atoms. The molecular formula is C14H20BrFN2. The summed E-state index contributed by atoms with van der Waals surface area (Å²) < 4.78 is 13.9. The highest BCUT2D eigenvalue weighted by Crippen LogP contribution is 2.24. The molecule has 2 nitrogen and oxygen atoms in total. The van der Waals surface area contributed by atoms with E-state index in [1.54, 1.807) is 0 Å². The summed E-state index contributed by atoms with van der Waals surface area (Å²) >= 11 is 3.43. The lowest BCUT2D eigenvalue weighted by Crippen LogP contribution is -2.33. The lowest BCUT2D eigenvalue weighted by atomic mass is 9.93. The summed E-state index contributed by atoms with van der Waals surface area (Å²) in [6.07, 6.45) is 3.61. The molecule has 0 radical (unpaired) electrons. The van der Waals surface area contributed by atoms with E-state index in [4.69, 9.17) is 5.73 Å². The van der Waals surface area contributed by atoms with Crippen LogP contribution in [-0.4, -0.2) is 24.5 Å². The second-order valence-corrected chi connectivity index (χ2v) is 5.89. The maximum absolute atomic E-state index is 13.0. The largest absolute Gasteiger partial charge is 0.330 e. The third-order valence-corrected chi connectivity index (χ3v) is 4.43. The Labute approximate surface area is 116 Å². The first-order valence-corrected chi connectivity index (χ1v) is 7.34. The second kappa shape index (κ2) is 6.64. The van der Waals surface area contributed by atoms with Crippen molar-refractivity contribution in [3.63, 3.8) is 0 Å². The number of benzene rings is 1. The summed E-state index contributed by atoms with van der Waals surface area (Å²) in [5.74, 6) is 0.607. The number of nitrogens with zero attached hydrogens (tertiary/aromatic N) is 1. The maximum atomic E-state index is 13.0. The van der Waals surface area contributed by atoms with Crippen LogP contribution in [0.3, 0.4) is 0 Å². The number of likely N-dealkylation sites (tertiary alicyclic amines) is 1. The van der Waals surface area contributed by atoms with Crippen LogP contribution in [0.25, 0.3) is 0 Å². The molecular weight excluding hydrogens is 295 g/mol. The lowest BCUT2D eigenvalue weighted by molar-refractivity contribution is 0.173. The van der Waals surface area contributed by atoms with E-state index < -0.39 is 0 Å². The Morgan fingerprint density at radius 3 is 2.67 bits per heavy atom. The Kier molecular flexibility index (Phi) is 5.15. The third kappa shape index (κ3) is 3.77. The van der Waals surface area contributed by atoms with Gasteiger partial charge in [0.2, 0.25) is 0 Å². The Balaban J connectivity index is 1.87. The van der Waals surface area contributed by atoms with E-state index in [2.05, 4.69) is 20.8 Å². The monoisotopic (exact) mass is 314 g/mol. The molecule has 2 N–H and O–H groups in total. The first-order chi connectivity index (χ1) is 8.69. The van der Waals surface area contributed by atoms with Gasteiger partial charge in [-0.3, -0.25) is 4.90 Å². The average Bonchev–Trinajstić information content (AvgIpc) is 2.35. The van der Waals surface area contributed by atoms with Crippen LogP contribution >= 0.6 is 15.9 Å². The summed E-state index contributed by atoms with van der Waals surface area (Å²) in [4.78, 5) is 2.44. The molecule has 1 aromatic carbocycles. The average molecular weight is 315 g/mol. The molecule has 1 fully saturated rings. The fourth-order valence-corrected chi connectivity index (χ4v) is 3.04. The van der Waals surface area contributed by atoms with Crippen molar-refractivity contribution in [1.82, 2.24) is 4.90 Å². The quantitative estimate of drug-likeness (QED) is 0.925. The van der Waals surface area contributed by atoms with Gasteiger partial charge in [0, 0.05) is 11.0 Å². The van der Waals surface area contributed by atoms with Crippen molar-refractivity contribution >= 4 is 15.9 Å². The van der Waals surface area contributed by atoms with Gasteiger partial charge in [0.05, 0.1) is 0 Å². The SMILES string of the molecule is NCCC1CCN(Cc2ccc(F)cc2Br)CC1. The van der Waals surface area contributed by atoms with Crippen molar-refractivity contribution in [2.75, 3.05) is 19.6 Å². The molecule has 0 saturated carbocycles. The van der Waals surface area contributed by atoms with E-state index in [-0.39, 0.29) is 5.82 Å². The van der Waals surface area contributed by atoms with Crippen molar-refractivity contribution in [2.45, 2.75) is 25.8 Å². The Hall–Kier alpha value is -0.450. The zero-order chi connectivity index (χ0) is 13.0. The molecule has 1 aromatic rings. The fraction of sp³-hybridized carbons (Fsp3) is 0.571. The molecule has 4 heteroatoms. The van der Waals surface area contributed by atoms with Gasteiger partial charge in [0.25, 0.3) is 0 Å². The van der Waals surface area contributed by atoms with Gasteiger partial charge in [0.15, 0.2) is 0 Å². The highest BCUT2D eigenvalue weighted by molar-refractivity contribution is 9.10. The van der Waals surface area contributed by atoms with Crippen LogP contribution in [0, 0.1) is 11.7 Å². The van der Waals surface area contributed by atoms with Crippen LogP contribution in [-0.2, 0) is 6.54 Å². The molecule has 0 unspecified atom stereocenters. The van der Waals surface area contributed by atoms with Crippen LogP contribution in [0.4, 0.5) is 4.39 Å². The first kappa shape index (κ1) is 14.0. The number of hydrogen-bond acceptors (Lipinski definition) is 2. The van der Waals surface area contributed by atoms with Gasteiger partial charge in [-0.15, -0.1) is 0 Å². The highest BCUT2D eigenvalue weighted by atomic mass is 79.9. The smallest absolute Gasteiger partial charge is 0.124 e. The molecule has 1 heterocycles. The predicted octanol–water partition coefficient (Wildman–Crippen LogP) is 3.15. The molecule has 18 heavy (non-hydrogen) atoms. The summed E-state index contributed by atoms with van der Waals surface area (Å²) in [6, 6.07) is 4.93. The zero-order valence-electron chi connectivity index (χ0n) is 10.5. The minimum absolute atomic E-state index is 0.188. The minimum Gasteiger partial charge on any atom is -0.330 e. The Morgan fingerprint density at radius 2 is 2.06 bits per heavy atom. The van der Waals surface area contributed by atoms with Crippen molar-refractivity contribution in [2.24, 2.45) is 11.7 Å². The summed E-state index contributed by atoms with van der Waals surface area (Å²) in [7, 11) is 0. The Bertz CT molecular complexity index is 389. The summed E-state index contributed by atoms with van der Waals surface area (Å²) in [6.45, 7) is 3.94. The zero-order valence-corrected chi connectivity index (χ0v) is 12.1. The van der Waals surface area contributed by atoms with Gasteiger partial charge in [-0.05, 0) is 62.5 Å². The fourth-order valence-electron chi connectivity index (χ4n) is 2.56. The topological polar surface area (TPSA) is 29.3 Å². The molecule has 0 spiro atoms. The lowest BCUT2D eigenvalue weighted by Gasteiger charge is -2.32. The van der Waals surface area contributed by atoms with Crippen LogP contribution < -0.4 is 5.73 Å². The van der Waals surface area contributed by atoms with E-state index in [1.165, 1.54) is 25.0 Å². The molecule has 100 valence electrons. The number of halogens is 2. The molecule has 0 aromatic heterocycles. The van der Waals surface area contributed by atoms with E-state index in [9.17, 15) is 4.39 Å². The standard InChI is InChI=1S/C14H20BrFN2/c15-14-9-13(16)2-1-12(14)10-18-7-4-11(3-6-17)5-8-18/h1-2,9,11H,3-8,10,17H2. The summed E-state index contributed by atoms with van der Waals surface area (Å²) in [5, 5.41) is 0. The van der Waals surface area contributed by atoms with E-state index in [0.29, 0.717) is 0 Å². The van der Waals surface area contributed by atoms with Gasteiger partial charge in [-0.1, -0.05) is 22.0 Å². The van der Waals surface area contributed by atoms with Crippen molar-refractivity contribution in [3.8, 4) is 0 Å². The molecule has 2 rings (SSSR count). The van der Waals surface area contributed by atoms with E-state index in [0.717, 1.165) is 48.6 Å². The van der Waals surface area contributed by atoms with Gasteiger partial charge < -0.3 is 5.73 Å². The van der Waals surface area contributed by atoms with Crippen molar-refractivity contribution in [3.05, 3.63) is 34.1 Å². The highest BCUT2D eigenvalue weighted by Gasteiger charge is 2.19. The van der Waals surface area contributed by atoms with Crippen LogP contribution in [0.15, 0.2) is 22.7 Å². The molecule has 0 atom stereocenters. The van der Waals surface area contributed by atoms with E-state index in [1.807, 2.05) is 6.07 Å². The molecule has 1 aliphatic heterocycles. The van der Waals surface area contributed by atoms with Crippen molar-refractivity contribution < 1.29 is 4.39 Å². The van der Waals surface area contributed by atoms with Crippen LogP contribution in [0.5, 0.6) is 0 Å². The van der Waals surface area contributed by atoms with Gasteiger partial charge in [-0.2, -0.15) is 0 Å². The number of rotatable bonds is 4. The first-order valence-electron chi connectivity index (χ1n) is 6.55. The van der Waals surface area contributed by atoms with E-state index >= 15 is 0 Å². The van der Waals surface area contributed by atoms with Gasteiger partial charge in [0.1, 0.15) is 5.82 Å². The third-order valence-electron chi connectivity index (χ3n) is 3.69. The number of piperidine rings is 1. The van der Waals surface area contributed by atoms with Crippen molar-refractivity contribution in [1.29, 1.82) is 0 Å². The predicted molar refractivity (Wildman–Crippen MR) is 75.8 cm³/mol. The van der Waals surface area contributed by atoms with Crippen LogP contribution in [0.1, 0.15) is 24.8 Å². The second-order valence-electron chi connectivity index (χ2n) is 5.03. The molecule has 0 aliphatic carbocycles. The van der Waals surface area contributed by atoms with Gasteiger partial charge in [-0.25, -0.2) is 4.39 Å². The number of hydrogen-bond donors (Lipinski definition) is 1. The number of nitrogens with two attached hydrogens (primary N) is 1. The normalized spacial score (nSPS) is 18.2. The maximum Gasteiger partial charge on any atom is 0.124 e. The Morgan fingerprint density at radius 1 is 1.33 bits per heavy atom. The van der Waals surface area contributed by atoms with Gasteiger partial charge >= 0.3 is 0 Å². The molecule has 0 amide bonds.